The summed E-state index contributed by atoms with van der Waals surface area (Å²) in [7, 11) is -20.0. The number of hydrogen-bond acceptors (Lipinski definition) is 4. The number of unbranched alkanes of at least 4 members (excludes halogenated alkanes) is 8. The van der Waals surface area contributed by atoms with Crippen LogP contribution < -0.4 is 57.1 Å². The van der Waals surface area contributed by atoms with Crippen LogP contribution in [0.5, 0.6) is 0 Å². The van der Waals surface area contributed by atoms with Crippen molar-refractivity contribution in [3.8, 4) is 0 Å². The topological polar surface area (TPSA) is 36.9 Å². The molecule has 11 rings (SSSR count). The van der Waals surface area contributed by atoms with Crippen LogP contribution in [0.4, 0.5) is 0 Å². The number of benzene rings is 11. The van der Waals surface area contributed by atoms with Gasteiger partial charge in [-0.2, -0.15) is 0 Å². The quantitative estimate of drug-likeness (QED) is 0.0266. The Labute approximate surface area is 516 Å². The summed E-state index contributed by atoms with van der Waals surface area (Å²) in [6, 6.07) is 121. The molecular formula is C77H77O4Si5. The highest BCUT2D eigenvalue weighted by Gasteiger charge is 2.64. The predicted molar refractivity (Wildman–Crippen MR) is 372 cm³/mol. The van der Waals surface area contributed by atoms with E-state index in [-0.39, 0.29) is 0 Å². The van der Waals surface area contributed by atoms with Crippen molar-refractivity contribution in [1.29, 1.82) is 0 Å². The van der Waals surface area contributed by atoms with E-state index in [4.69, 9.17) is 8.23 Å². The average Bonchev–Trinajstić information content (AvgIpc) is 0.776. The molecule has 0 unspecified atom stereocenters. The van der Waals surface area contributed by atoms with E-state index in [1.807, 2.05) is 0 Å². The van der Waals surface area contributed by atoms with E-state index in [0.29, 0.717) is 0 Å². The Kier molecular flexibility index (Phi) is 20.4. The van der Waals surface area contributed by atoms with E-state index in [9.17, 15) is 8.23 Å². The van der Waals surface area contributed by atoms with Gasteiger partial charge in [0.1, 0.15) is 0 Å². The zero-order valence-corrected chi connectivity index (χ0v) is 54.2. The summed E-state index contributed by atoms with van der Waals surface area (Å²) in [4.78, 5) is 0. The molecule has 4 nitrogen and oxygen atoms in total. The van der Waals surface area contributed by atoms with Gasteiger partial charge in [-0.3, -0.25) is 0 Å². The van der Waals surface area contributed by atoms with Crippen LogP contribution in [-0.4, -0.2) is 42.3 Å². The third-order valence-corrected chi connectivity index (χ3v) is 39.8. The van der Waals surface area contributed by atoms with Gasteiger partial charge in [-0.05, 0) is 63.1 Å². The standard InChI is InChI=1S/C77H77O4Si5/c1-2-3-4-5-6-7-8-9-43-66-82(67-44-21-10-22-45-67,68-46-23-11-24-47-68)78-84(72-54-31-15-32-55-72,73-56-33-16-34-57-73)80-86(76-62-39-19-40-63-76,77-64-41-20-42-65-77)81-85(74-58-35-17-36-59-74,75-60-37-18-38-61-75)79-83(69-48-25-12-26-49-69,70-50-27-13-28-51-70)71-52-29-14-30-53-71/h10-42,44-65H,1-9,43,66H2. The maximum absolute atomic E-state index is 9.22. The zero-order valence-electron chi connectivity index (χ0n) is 49.2. The number of rotatable bonds is 29. The molecule has 0 aromatic heterocycles. The van der Waals surface area contributed by atoms with Gasteiger partial charge >= 0.3 is 25.7 Å². The molecule has 11 aromatic rings. The van der Waals surface area contributed by atoms with Crippen LogP contribution in [0.3, 0.4) is 0 Å². The van der Waals surface area contributed by atoms with Gasteiger partial charge in [0.2, 0.25) is 8.32 Å². The SMILES string of the molecule is [CH2]CCCCCCCCCC[Si](O[Si](O[Si](O[Si](O[Si](c1ccccc1)(c1ccccc1)c1ccccc1)(c1ccccc1)c1ccccc1)(c1ccccc1)c1ccccc1)(c1ccccc1)c1ccccc1)(c1ccccc1)c1ccccc1. The van der Waals surface area contributed by atoms with Crippen molar-refractivity contribution < 1.29 is 16.5 Å². The molecule has 429 valence electrons. The van der Waals surface area contributed by atoms with Gasteiger partial charge in [-0.1, -0.05) is 398 Å². The molecule has 0 aliphatic heterocycles. The molecule has 0 amide bonds. The van der Waals surface area contributed by atoms with Crippen molar-refractivity contribution >= 4 is 99.4 Å². The zero-order chi connectivity index (χ0) is 58.6. The second-order valence-electron chi connectivity index (χ2n) is 22.2. The Bertz CT molecular complexity index is 3460. The van der Waals surface area contributed by atoms with Gasteiger partial charge in [0.15, 0.2) is 0 Å². The third kappa shape index (κ3) is 13.0. The van der Waals surface area contributed by atoms with Crippen molar-refractivity contribution in [3.63, 3.8) is 0 Å². The third-order valence-electron chi connectivity index (χ3n) is 16.7. The van der Waals surface area contributed by atoms with Gasteiger partial charge in [0, 0.05) is 0 Å². The summed E-state index contributed by atoms with van der Waals surface area (Å²) >= 11 is 0. The van der Waals surface area contributed by atoms with E-state index < -0.39 is 42.3 Å². The van der Waals surface area contributed by atoms with E-state index in [0.717, 1.165) is 72.0 Å². The van der Waals surface area contributed by atoms with Gasteiger partial charge in [0.25, 0.3) is 8.32 Å². The van der Waals surface area contributed by atoms with Gasteiger partial charge in [-0.25, -0.2) is 0 Å². The van der Waals surface area contributed by atoms with Crippen LogP contribution in [0.25, 0.3) is 0 Å². The molecule has 0 N–H and O–H groups in total. The van der Waals surface area contributed by atoms with E-state index in [2.05, 4.69) is 341 Å². The lowest BCUT2D eigenvalue weighted by Gasteiger charge is -2.50. The Morgan fingerprint density at radius 3 is 0.651 bits per heavy atom. The molecule has 0 bridgehead atoms. The first kappa shape index (κ1) is 60.0. The molecular weight excluding hydrogens is 1130 g/mol. The average molecular weight is 1210 g/mol. The highest BCUT2D eigenvalue weighted by molar-refractivity contribution is 7.17. The van der Waals surface area contributed by atoms with Crippen molar-refractivity contribution in [2.45, 2.75) is 63.8 Å². The van der Waals surface area contributed by atoms with Crippen LogP contribution in [-0.2, 0) is 16.5 Å². The summed E-state index contributed by atoms with van der Waals surface area (Å²) in [5.74, 6) is 0. The fraction of sp³-hybridized carbons (Fsp3) is 0.130. The first-order valence-electron chi connectivity index (χ1n) is 30.8. The fourth-order valence-electron chi connectivity index (χ4n) is 12.4. The van der Waals surface area contributed by atoms with E-state index >= 15 is 0 Å². The molecule has 0 fully saturated rings. The van der Waals surface area contributed by atoms with Crippen molar-refractivity contribution in [1.82, 2.24) is 0 Å². The summed E-state index contributed by atoms with van der Waals surface area (Å²) in [5.41, 5.74) is 0. The second kappa shape index (κ2) is 29.2. The van der Waals surface area contributed by atoms with E-state index in [1.165, 1.54) is 48.9 Å². The summed E-state index contributed by atoms with van der Waals surface area (Å²) in [6.45, 7) is 4.09. The Hall–Kier alpha value is -7.66. The Morgan fingerprint density at radius 1 is 0.198 bits per heavy atom. The minimum Gasteiger partial charge on any atom is -0.422 e. The molecule has 0 atom stereocenters. The summed E-state index contributed by atoms with van der Waals surface area (Å²) in [5, 5.41) is 11.6. The monoisotopic (exact) mass is 1210 g/mol. The normalized spacial score (nSPS) is 12.2. The molecule has 0 aliphatic carbocycles. The first-order valence-corrected chi connectivity index (χ1v) is 40.2. The van der Waals surface area contributed by atoms with Crippen molar-refractivity contribution in [2.24, 2.45) is 0 Å². The lowest BCUT2D eigenvalue weighted by Crippen LogP contribution is -2.85. The fourth-order valence-corrected chi connectivity index (χ4v) is 40.3. The van der Waals surface area contributed by atoms with Crippen LogP contribution in [0, 0.1) is 6.92 Å². The molecule has 0 spiro atoms. The lowest BCUT2D eigenvalue weighted by molar-refractivity contribution is 0.329. The Balaban J connectivity index is 1.23. The molecule has 9 heteroatoms. The van der Waals surface area contributed by atoms with Crippen molar-refractivity contribution in [2.75, 3.05) is 0 Å². The molecule has 0 heterocycles. The number of hydrogen-bond donors (Lipinski definition) is 0. The van der Waals surface area contributed by atoms with Crippen LogP contribution in [0.15, 0.2) is 334 Å². The summed E-state index contributed by atoms with van der Waals surface area (Å²) < 4.78 is 36.5. The van der Waals surface area contributed by atoms with Gasteiger partial charge in [0.05, 0.1) is 0 Å². The second-order valence-corrected chi connectivity index (χ2v) is 39.1. The first-order chi connectivity index (χ1) is 42.5. The van der Waals surface area contributed by atoms with Crippen LogP contribution >= 0.6 is 0 Å². The molecule has 0 saturated heterocycles. The maximum Gasteiger partial charge on any atom is 0.390 e. The molecule has 86 heavy (non-hydrogen) atoms. The summed E-state index contributed by atoms with van der Waals surface area (Å²) in [6.07, 6.45) is 10.5. The van der Waals surface area contributed by atoms with Gasteiger partial charge < -0.3 is 16.5 Å². The van der Waals surface area contributed by atoms with Crippen LogP contribution in [0.2, 0.25) is 6.04 Å². The smallest absolute Gasteiger partial charge is 0.390 e. The van der Waals surface area contributed by atoms with E-state index in [1.54, 1.807) is 0 Å². The predicted octanol–water partition coefficient (Wildman–Crippen LogP) is 11.6. The highest BCUT2D eigenvalue weighted by atomic mass is 28.5. The molecule has 0 saturated carbocycles. The van der Waals surface area contributed by atoms with Crippen molar-refractivity contribution in [3.05, 3.63) is 341 Å². The molecule has 0 aliphatic rings. The minimum atomic E-state index is -4.40. The minimum absolute atomic E-state index is 0.849. The lowest BCUT2D eigenvalue weighted by atomic mass is 10.1. The van der Waals surface area contributed by atoms with Gasteiger partial charge in [-0.15, -0.1) is 0 Å². The molecule has 11 aromatic carbocycles. The highest BCUT2D eigenvalue weighted by Crippen LogP contribution is 2.31. The molecule has 1 radical (unpaired) electrons. The van der Waals surface area contributed by atoms with Crippen LogP contribution in [0.1, 0.15) is 57.8 Å². The Morgan fingerprint density at radius 2 is 0.395 bits per heavy atom. The maximum atomic E-state index is 9.22. The largest absolute Gasteiger partial charge is 0.422 e.